The average Bonchev–Trinajstić information content (AvgIpc) is 2.56. The Kier molecular flexibility index (Phi) is 5.14. The number of nitro groups is 1. The summed E-state index contributed by atoms with van der Waals surface area (Å²) in [5.74, 6) is 0.163. The molecule has 120 valence electrons. The zero-order valence-electron chi connectivity index (χ0n) is 12.7. The van der Waals surface area contributed by atoms with E-state index in [1.807, 2.05) is 6.92 Å². The van der Waals surface area contributed by atoms with Gasteiger partial charge < -0.3 is 14.8 Å². The van der Waals surface area contributed by atoms with Gasteiger partial charge in [0.15, 0.2) is 5.75 Å². The number of nitro benzene ring substituents is 1. The zero-order chi connectivity index (χ0) is 16.8. The molecule has 0 aliphatic heterocycles. The van der Waals surface area contributed by atoms with Crippen molar-refractivity contribution >= 4 is 17.3 Å². The van der Waals surface area contributed by atoms with Crippen molar-refractivity contribution in [3.63, 3.8) is 0 Å². The van der Waals surface area contributed by atoms with E-state index < -0.39 is 10.8 Å². The predicted octanol–water partition coefficient (Wildman–Crippen LogP) is 3.25. The van der Waals surface area contributed by atoms with Gasteiger partial charge in [0.2, 0.25) is 0 Å². The van der Waals surface area contributed by atoms with Gasteiger partial charge in [-0.2, -0.15) is 0 Å². The molecule has 0 aliphatic carbocycles. The molecule has 0 heterocycles. The van der Waals surface area contributed by atoms with E-state index in [2.05, 4.69) is 5.32 Å². The van der Waals surface area contributed by atoms with Crippen LogP contribution >= 0.6 is 0 Å². The topological polar surface area (TPSA) is 90.7 Å². The number of anilines is 1. The molecule has 2 aromatic carbocycles. The van der Waals surface area contributed by atoms with E-state index in [1.54, 1.807) is 24.3 Å². The molecular formula is C16H16N2O5. The van der Waals surface area contributed by atoms with Crippen molar-refractivity contribution in [2.75, 3.05) is 19.0 Å². The Labute approximate surface area is 133 Å². The number of rotatable bonds is 6. The summed E-state index contributed by atoms with van der Waals surface area (Å²) in [5.41, 5.74) is 0.389. The number of benzene rings is 2. The Morgan fingerprint density at radius 2 is 1.96 bits per heavy atom. The van der Waals surface area contributed by atoms with Crippen molar-refractivity contribution in [1.29, 1.82) is 0 Å². The minimum Gasteiger partial charge on any atom is -0.492 e. The van der Waals surface area contributed by atoms with E-state index in [-0.39, 0.29) is 17.0 Å². The third-order valence-electron chi connectivity index (χ3n) is 3.07. The predicted molar refractivity (Wildman–Crippen MR) is 85.2 cm³/mol. The molecule has 7 nitrogen and oxygen atoms in total. The quantitative estimate of drug-likeness (QED) is 0.652. The Morgan fingerprint density at radius 1 is 1.22 bits per heavy atom. The molecule has 1 N–H and O–H groups in total. The maximum atomic E-state index is 12.3. The van der Waals surface area contributed by atoms with Crippen LogP contribution in [-0.4, -0.2) is 24.5 Å². The van der Waals surface area contributed by atoms with E-state index in [1.165, 1.54) is 25.3 Å². The molecule has 0 bridgehead atoms. The van der Waals surface area contributed by atoms with Crippen molar-refractivity contribution in [2.24, 2.45) is 0 Å². The van der Waals surface area contributed by atoms with Crippen molar-refractivity contribution in [3.05, 3.63) is 58.1 Å². The number of carbonyl (C=O) groups is 1. The smallest absolute Gasteiger partial charge is 0.311 e. The number of methoxy groups -OCH3 is 1. The van der Waals surface area contributed by atoms with E-state index in [4.69, 9.17) is 9.47 Å². The van der Waals surface area contributed by atoms with Gasteiger partial charge in [-0.15, -0.1) is 0 Å². The van der Waals surface area contributed by atoms with Crippen LogP contribution in [0, 0.1) is 10.1 Å². The molecular weight excluding hydrogens is 300 g/mol. The molecule has 0 atom stereocenters. The highest BCUT2D eigenvalue weighted by atomic mass is 16.6. The molecule has 0 fully saturated rings. The largest absolute Gasteiger partial charge is 0.492 e. The van der Waals surface area contributed by atoms with Gasteiger partial charge in [0.25, 0.3) is 5.91 Å². The van der Waals surface area contributed by atoms with Crippen LogP contribution in [0.2, 0.25) is 0 Å². The SMILES string of the molecule is CCOc1ccccc1NC(=O)c1ccc(OC)c([N+](=O)[O-])c1. The van der Waals surface area contributed by atoms with Gasteiger partial charge in [0, 0.05) is 11.6 Å². The van der Waals surface area contributed by atoms with E-state index in [0.29, 0.717) is 18.0 Å². The highest BCUT2D eigenvalue weighted by Crippen LogP contribution is 2.29. The lowest BCUT2D eigenvalue weighted by molar-refractivity contribution is -0.385. The first kappa shape index (κ1) is 16.3. The van der Waals surface area contributed by atoms with E-state index in [9.17, 15) is 14.9 Å². The number of nitrogens with one attached hydrogen (secondary N) is 1. The molecule has 0 aliphatic rings. The fraction of sp³-hybridized carbons (Fsp3) is 0.188. The summed E-state index contributed by atoms with van der Waals surface area (Å²) < 4.78 is 10.3. The number of para-hydroxylation sites is 2. The third kappa shape index (κ3) is 3.76. The highest BCUT2D eigenvalue weighted by molar-refractivity contribution is 6.05. The van der Waals surface area contributed by atoms with Crippen LogP contribution in [0.15, 0.2) is 42.5 Å². The lowest BCUT2D eigenvalue weighted by Gasteiger charge is -2.11. The molecule has 7 heteroatoms. The summed E-state index contributed by atoms with van der Waals surface area (Å²) in [6.45, 7) is 2.30. The second kappa shape index (κ2) is 7.26. The summed E-state index contributed by atoms with van der Waals surface area (Å²) in [5, 5.41) is 13.7. The summed E-state index contributed by atoms with van der Waals surface area (Å²) >= 11 is 0. The lowest BCUT2D eigenvalue weighted by Crippen LogP contribution is -2.13. The summed E-state index contributed by atoms with van der Waals surface area (Å²) in [7, 11) is 1.33. The van der Waals surface area contributed by atoms with Crippen LogP contribution in [0.1, 0.15) is 17.3 Å². The Balaban J connectivity index is 2.28. The number of hydrogen-bond donors (Lipinski definition) is 1. The molecule has 2 rings (SSSR count). The first-order chi connectivity index (χ1) is 11.1. The van der Waals surface area contributed by atoms with Crippen molar-refractivity contribution in [2.45, 2.75) is 6.92 Å². The molecule has 0 aromatic heterocycles. The summed E-state index contributed by atoms with van der Waals surface area (Å²) in [6.07, 6.45) is 0. The Bertz CT molecular complexity index is 730. The maximum Gasteiger partial charge on any atom is 0.311 e. The minimum absolute atomic E-state index is 0.0984. The standard InChI is InChI=1S/C16H16N2O5/c1-3-23-14-7-5-4-6-12(14)17-16(19)11-8-9-15(22-2)13(10-11)18(20)21/h4-10H,3H2,1-2H3,(H,17,19). The van der Waals surface area contributed by atoms with Crippen molar-refractivity contribution in [1.82, 2.24) is 0 Å². The molecule has 0 saturated heterocycles. The number of hydrogen-bond acceptors (Lipinski definition) is 5. The normalized spacial score (nSPS) is 10.0. The minimum atomic E-state index is -0.593. The third-order valence-corrected chi connectivity index (χ3v) is 3.07. The molecule has 0 radical (unpaired) electrons. The van der Waals surface area contributed by atoms with Crippen LogP contribution in [0.3, 0.4) is 0 Å². The van der Waals surface area contributed by atoms with E-state index >= 15 is 0 Å². The van der Waals surface area contributed by atoms with Crippen molar-refractivity contribution < 1.29 is 19.2 Å². The molecule has 23 heavy (non-hydrogen) atoms. The molecule has 0 unspecified atom stereocenters. The van der Waals surface area contributed by atoms with Crippen LogP contribution in [0.25, 0.3) is 0 Å². The van der Waals surface area contributed by atoms with Gasteiger partial charge in [-0.05, 0) is 31.2 Å². The fourth-order valence-electron chi connectivity index (χ4n) is 2.02. The van der Waals surface area contributed by atoms with Crippen molar-refractivity contribution in [3.8, 4) is 11.5 Å². The van der Waals surface area contributed by atoms with Gasteiger partial charge in [-0.3, -0.25) is 14.9 Å². The second-order valence-corrected chi connectivity index (χ2v) is 4.53. The molecule has 0 spiro atoms. The average molecular weight is 316 g/mol. The second-order valence-electron chi connectivity index (χ2n) is 4.53. The van der Waals surface area contributed by atoms with Gasteiger partial charge in [-0.1, -0.05) is 12.1 Å². The van der Waals surface area contributed by atoms with Crippen LogP contribution in [-0.2, 0) is 0 Å². The highest BCUT2D eigenvalue weighted by Gasteiger charge is 2.18. The first-order valence-electron chi connectivity index (χ1n) is 6.92. The fourth-order valence-corrected chi connectivity index (χ4v) is 2.02. The monoisotopic (exact) mass is 316 g/mol. The summed E-state index contributed by atoms with van der Waals surface area (Å²) in [6, 6.07) is 11.0. The number of ether oxygens (including phenoxy) is 2. The number of amides is 1. The van der Waals surface area contributed by atoms with Crippen LogP contribution in [0.5, 0.6) is 11.5 Å². The lowest BCUT2D eigenvalue weighted by atomic mass is 10.1. The Morgan fingerprint density at radius 3 is 2.61 bits per heavy atom. The Hall–Kier alpha value is -3.09. The molecule has 1 amide bonds. The maximum absolute atomic E-state index is 12.3. The van der Waals surface area contributed by atoms with Gasteiger partial charge >= 0.3 is 5.69 Å². The van der Waals surface area contributed by atoms with Crippen LogP contribution < -0.4 is 14.8 Å². The summed E-state index contributed by atoms with van der Waals surface area (Å²) in [4.78, 5) is 22.7. The zero-order valence-corrected chi connectivity index (χ0v) is 12.7. The van der Waals surface area contributed by atoms with E-state index in [0.717, 1.165) is 0 Å². The van der Waals surface area contributed by atoms with Gasteiger partial charge in [0.05, 0.1) is 24.3 Å². The molecule has 0 saturated carbocycles. The van der Waals surface area contributed by atoms with Gasteiger partial charge in [-0.25, -0.2) is 0 Å². The van der Waals surface area contributed by atoms with Gasteiger partial charge in [0.1, 0.15) is 5.75 Å². The molecule has 2 aromatic rings. The first-order valence-corrected chi connectivity index (χ1v) is 6.92. The van der Waals surface area contributed by atoms with Crippen LogP contribution in [0.4, 0.5) is 11.4 Å². The number of carbonyl (C=O) groups excluding carboxylic acids is 1. The number of nitrogens with zero attached hydrogens (tertiary/aromatic N) is 1.